The summed E-state index contributed by atoms with van der Waals surface area (Å²) < 4.78 is 11.1. The van der Waals surface area contributed by atoms with Crippen LogP contribution in [0.15, 0.2) is 54.1 Å². The Morgan fingerprint density at radius 1 is 1.10 bits per heavy atom. The third kappa shape index (κ3) is 4.56. The third-order valence-electron chi connectivity index (χ3n) is 5.18. The van der Waals surface area contributed by atoms with E-state index < -0.39 is 17.7 Å². The van der Waals surface area contributed by atoms with Gasteiger partial charge in [-0.25, -0.2) is 0 Å². The highest BCUT2D eigenvalue weighted by Gasteiger charge is 2.46. The average Bonchev–Trinajstić information content (AvgIpc) is 3.03. The summed E-state index contributed by atoms with van der Waals surface area (Å²) in [7, 11) is 5.33. The lowest BCUT2D eigenvalue weighted by atomic mass is 9.95. The number of Topliss-reactive ketones (excluding diaryl/α,β-unsaturated/α-hetero) is 1. The van der Waals surface area contributed by atoms with Crippen molar-refractivity contribution < 1.29 is 24.2 Å². The van der Waals surface area contributed by atoms with Gasteiger partial charge in [0.15, 0.2) is 11.5 Å². The zero-order valence-electron chi connectivity index (χ0n) is 18.3. The third-order valence-corrected chi connectivity index (χ3v) is 5.18. The Morgan fingerprint density at radius 3 is 2.42 bits per heavy atom. The second kappa shape index (κ2) is 9.66. The number of methoxy groups -OCH3 is 1. The highest BCUT2D eigenvalue weighted by Crippen LogP contribution is 2.41. The predicted octanol–water partition coefficient (Wildman–Crippen LogP) is 3.08. The molecule has 0 aromatic heterocycles. The van der Waals surface area contributed by atoms with Crippen LogP contribution in [-0.2, 0) is 9.59 Å². The molecule has 7 heteroatoms. The minimum Gasteiger partial charge on any atom is -0.507 e. The molecule has 1 atom stereocenters. The largest absolute Gasteiger partial charge is 0.507 e. The van der Waals surface area contributed by atoms with Gasteiger partial charge in [0, 0.05) is 18.7 Å². The van der Waals surface area contributed by atoms with Gasteiger partial charge in [-0.05, 0) is 38.7 Å². The minimum atomic E-state index is -0.732. The first-order valence-electron chi connectivity index (χ1n) is 10.2. The molecule has 1 fully saturated rings. The van der Waals surface area contributed by atoms with E-state index in [1.165, 1.54) is 12.0 Å². The van der Waals surface area contributed by atoms with Crippen molar-refractivity contribution in [2.24, 2.45) is 0 Å². The van der Waals surface area contributed by atoms with E-state index in [-0.39, 0.29) is 11.3 Å². The van der Waals surface area contributed by atoms with Crippen LogP contribution in [0.1, 0.15) is 24.1 Å². The lowest BCUT2D eigenvalue weighted by Crippen LogP contribution is -2.35. The van der Waals surface area contributed by atoms with E-state index in [2.05, 4.69) is 0 Å². The van der Waals surface area contributed by atoms with Gasteiger partial charge in [-0.1, -0.05) is 36.4 Å². The zero-order chi connectivity index (χ0) is 22.5. The number of hydrogen-bond donors (Lipinski definition) is 1. The number of hydrogen-bond acceptors (Lipinski definition) is 6. The van der Waals surface area contributed by atoms with Crippen LogP contribution in [0.25, 0.3) is 5.76 Å². The molecule has 0 unspecified atom stereocenters. The average molecular weight is 424 g/mol. The molecule has 1 amide bonds. The molecule has 1 saturated heterocycles. The molecule has 2 aromatic carbocycles. The van der Waals surface area contributed by atoms with Crippen molar-refractivity contribution in [3.8, 4) is 11.5 Å². The minimum absolute atomic E-state index is 0.0705. The predicted molar refractivity (Wildman–Crippen MR) is 118 cm³/mol. The second-order valence-electron chi connectivity index (χ2n) is 7.51. The van der Waals surface area contributed by atoms with E-state index in [9.17, 15) is 14.7 Å². The molecule has 7 nitrogen and oxygen atoms in total. The van der Waals surface area contributed by atoms with Gasteiger partial charge < -0.3 is 24.4 Å². The number of nitrogens with zero attached hydrogens (tertiary/aromatic N) is 2. The highest BCUT2D eigenvalue weighted by molar-refractivity contribution is 6.46. The normalized spacial score (nSPS) is 18.0. The van der Waals surface area contributed by atoms with Crippen LogP contribution in [0.3, 0.4) is 0 Å². The number of benzene rings is 2. The first-order valence-corrected chi connectivity index (χ1v) is 10.2. The molecule has 164 valence electrons. The number of carbonyl (C=O) groups excluding carboxylic acids is 2. The SMILES string of the molecule is CCOc1ccc([C@H]2C(=C(O)c3ccccc3)C(=O)C(=O)N2CCN(C)C)cc1OC. The number of likely N-dealkylation sites (N-methyl/N-ethyl adjacent to an activating group) is 1. The molecular weight excluding hydrogens is 396 g/mol. The van der Waals surface area contributed by atoms with Gasteiger partial charge in [-0.15, -0.1) is 0 Å². The maximum absolute atomic E-state index is 13.0. The van der Waals surface area contributed by atoms with Crippen molar-refractivity contribution in [2.45, 2.75) is 13.0 Å². The number of ether oxygens (including phenoxy) is 2. The van der Waals surface area contributed by atoms with Crippen molar-refractivity contribution >= 4 is 17.4 Å². The van der Waals surface area contributed by atoms with E-state index in [0.717, 1.165) is 0 Å². The number of aliphatic hydroxyl groups is 1. The summed E-state index contributed by atoms with van der Waals surface area (Å²) in [6.45, 7) is 3.26. The Kier molecular flexibility index (Phi) is 6.97. The molecule has 31 heavy (non-hydrogen) atoms. The van der Waals surface area contributed by atoms with Crippen LogP contribution in [0.5, 0.6) is 11.5 Å². The summed E-state index contributed by atoms with van der Waals surface area (Å²) in [5, 5.41) is 11.0. The van der Waals surface area contributed by atoms with Crippen LogP contribution >= 0.6 is 0 Å². The van der Waals surface area contributed by atoms with E-state index in [1.807, 2.05) is 32.0 Å². The van der Waals surface area contributed by atoms with Gasteiger partial charge in [0.05, 0.1) is 25.3 Å². The zero-order valence-corrected chi connectivity index (χ0v) is 18.3. The summed E-state index contributed by atoms with van der Waals surface area (Å²) in [4.78, 5) is 29.4. The molecule has 1 heterocycles. The van der Waals surface area contributed by atoms with E-state index in [0.29, 0.717) is 42.3 Å². The summed E-state index contributed by atoms with van der Waals surface area (Å²) in [5.41, 5.74) is 1.22. The number of carbonyl (C=O) groups is 2. The molecule has 3 rings (SSSR count). The molecule has 0 radical (unpaired) electrons. The topological polar surface area (TPSA) is 79.3 Å². The first-order chi connectivity index (χ1) is 14.9. The fraction of sp³-hybridized carbons (Fsp3) is 0.333. The van der Waals surface area contributed by atoms with Gasteiger partial charge in [0.2, 0.25) is 0 Å². The lowest BCUT2D eigenvalue weighted by Gasteiger charge is -2.27. The van der Waals surface area contributed by atoms with Gasteiger partial charge in [-0.2, -0.15) is 0 Å². The number of ketones is 1. The number of rotatable bonds is 8. The number of likely N-dealkylation sites (tertiary alicyclic amines) is 1. The van der Waals surface area contributed by atoms with Crippen LogP contribution in [-0.4, -0.2) is 67.5 Å². The van der Waals surface area contributed by atoms with Crippen molar-refractivity contribution in [1.29, 1.82) is 0 Å². The Labute approximate surface area is 182 Å². The summed E-state index contributed by atoms with van der Waals surface area (Å²) in [6, 6.07) is 13.3. The van der Waals surface area contributed by atoms with Crippen LogP contribution < -0.4 is 9.47 Å². The maximum atomic E-state index is 13.0. The van der Waals surface area contributed by atoms with Crippen molar-refractivity contribution in [2.75, 3.05) is 40.9 Å². The van der Waals surface area contributed by atoms with Gasteiger partial charge in [-0.3, -0.25) is 9.59 Å². The molecule has 0 spiro atoms. The van der Waals surface area contributed by atoms with Crippen LogP contribution in [0.4, 0.5) is 0 Å². The fourth-order valence-corrected chi connectivity index (χ4v) is 3.65. The van der Waals surface area contributed by atoms with Gasteiger partial charge in [0.25, 0.3) is 11.7 Å². The van der Waals surface area contributed by atoms with Gasteiger partial charge in [0.1, 0.15) is 5.76 Å². The van der Waals surface area contributed by atoms with Crippen LogP contribution in [0.2, 0.25) is 0 Å². The van der Waals surface area contributed by atoms with E-state index >= 15 is 0 Å². The lowest BCUT2D eigenvalue weighted by molar-refractivity contribution is -0.140. The molecule has 1 aliphatic heterocycles. The summed E-state index contributed by atoms with van der Waals surface area (Å²) in [6.07, 6.45) is 0. The van der Waals surface area contributed by atoms with Crippen LogP contribution in [0, 0.1) is 0 Å². The van der Waals surface area contributed by atoms with Gasteiger partial charge >= 0.3 is 0 Å². The number of aliphatic hydroxyl groups excluding tert-OH is 1. The highest BCUT2D eigenvalue weighted by atomic mass is 16.5. The monoisotopic (exact) mass is 424 g/mol. The molecule has 0 saturated carbocycles. The molecule has 1 N–H and O–H groups in total. The van der Waals surface area contributed by atoms with E-state index in [4.69, 9.17) is 9.47 Å². The maximum Gasteiger partial charge on any atom is 0.295 e. The smallest absolute Gasteiger partial charge is 0.295 e. The molecule has 0 aliphatic carbocycles. The summed E-state index contributed by atoms with van der Waals surface area (Å²) in [5.74, 6) is -0.446. The fourth-order valence-electron chi connectivity index (χ4n) is 3.65. The first kappa shape index (κ1) is 22.4. The van der Waals surface area contributed by atoms with Crippen molar-refractivity contribution in [3.63, 3.8) is 0 Å². The Morgan fingerprint density at radius 2 is 1.81 bits per heavy atom. The quantitative estimate of drug-likeness (QED) is 0.399. The van der Waals surface area contributed by atoms with Crippen molar-refractivity contribution in [3.05, 3.63) is 65.2 Å². The second-order valence-corrected chi connectivity index (χ2v) is 7.51. The Bertz CT molecular complexity index is 985. The summed E-state index contributed by atoms with van der Waals surface area (Å²) >= 11 is 0. The molecule has 1 aliphatic rings. The standard InChI is InChI=1S/C24H28N2O5/c1-5-31-18-12-11-17(15-19(18)30-4)21-20(22(27)16-9-7-6-8-10-16)23(28)24(29)26(21)14-13-25(2)3/h6-12,15,21,27H,5,13-14H2,1-4H3/t21-/m0/s1. The Hall–Kier alpha value is -3.32. The van der Waals surface area contributed by atoms with E-state index in [1.54, 1.807) is 42.5 Å². The molecular formula is C24H28N2O5. The Balaban J connectivity index is 2.16. The number of amides is 1. The molecule has 2 aromatic rings. The van der Waals surface area contributed by atoms with Crippen molar-refractivity contribution in [1.82, 2.24) is 9.80 Å². The molecule has 0 bridgehead atoms.